The highest BCUT2D eigenvalue weighted by molar-refractivity contribution is 5.49. The molecule has 0 amide bonds. The minimum atomic E-state index is -0.0555. The fourth-order valence-corrected chi connectivity index (χ4v) is 7.37. The molecule has 1 saturated carbocycles. The van der Waals surface area contributed by atoms with E-state index in [-0.39, 0.29) is 6.10 Å². The molecule has 4 rings (SSSR count). The second kappa shape index (κ2) is 7.70. The molecule has 0 aromatic carbocycles. The second-order valence-electron chi connectivity index (χ2n) is 11.8. The van der Waals surface area contributed by atoms with Crippen molar-refractivity contribution in [3.63, 3.8) is 0 Å². The molecule has 4 aliphatic rings. The quantitative estimate of drug-likeness (QED) is 0.488. The van der Waals surface area contributed by atoms with Crippen LogP contribution in [-0.4, -0.2) is 11.2 Å². The average Bonchev–Trinajstić information content (AvgIpc) is 3.03. The monoisotopic (exact) mass is 396 g/mol. The first-order chi connectivity index (χ1) is 13.7. The van der Waals surface area contributed by atoms with Gasteiger partial charge in [0, 0.05) is 0 Å². The molecule has 1 nitrogen and oxygen atoms in total. The van der Waals surface area contributed by atoms with Crippen LogP contribution in [0.1, 0.15) is 92.9 Å². The third-order valence-corrected chi connectivity index (χ3v) is 9.88. The van der Waals surface area contributed by atoms with Crippen LogP contribution in [-0.2, 0) is 0 Å². The van der Waals surface area contributed by atoms with E-state index >= 15 is 0 Å². The van der Waals surface area contributed by atoms with Gasteiger partial charge in [-0.3, -0.25) is 0 Å². The molecule has 7 atom stereocenters. The van der Waals surface area contributed by atoms with Crippen molar-refractivity contribution in [1.82, 2.24) is 0 Å². The number of hydrogen-bond acceptors (Lipinski definition) is 1. The molecule has 0 bridgehead atoms. The largest absolute Gasteiger partial charge is 0.393 e. The van der Waals surface area contributed by atoms with Crippen LogP contribution in [0.15, 0.2) is 34.9 Å². The van der Waals surface area contributed by atoms with Gasteiger partial charge in [-0.1, -0.05) is 65.3 Å². The van der Waals surface area contributed by atoms with Gasteiger partial charge in [-0.2, -0.15) is 0 Å². The highest BCUT2D eigenvalue weighted by atomic mass is 16.3. The summed E-state index contributed by atoms with van der Waals surface area (Å²) in [6.45, 7) is 14.6. The van der Waals surface area contributed by atoms with E-state index in [1.54, 1.807) is 16.7 Å². The van der Waals surface area contributed by atoms with Crippen LogP contribution in [0.5, 0.6) is 0 Å². The number of aliphatic hydroxyl groups excluding tert-OH is 1. The van der Waals surface area contributed by atoms with E-state index in [9.17, 15) is 5.11 Å². The van der Waals surface area contributed by atoms with E-state index < -0.39 is 0 Å². The molecule has 4 aliphatic carbocycles. The van der Waals surface area contributed by atoms with Crippen LogP contribution in [0.2, 0.25) is 0 Å². The highest BCUT2D eigenvalue weighted by Crippen LogP contribution is 2.64. The molecule has 0 aliphatic heterocycles. The smallest absolute Gasteiger partial charge is 0.0543 e. The summed E-state index contributed by atoms with van der Waals surface area (Å²) in [5.74, 6) is 3.48. The Morgan fingerprint density at radius 1 is 1.00 bits per heavy atom. The number of hydrogen-bond donors (Lipinski definition) is 1. The molecule has 0 aromatic heterocycles. The van der Waals surface area contributed by atoms with Crippen molar-refractivity contribution in [2.45, 2.75) is 99.0 Å². The Hall–Kier alpha value is -0.820. The minimum absolute atomic E-state index is 0.0555. The lowest BCUT2D eigenvalue weighted by Gasteiger charge is -2.53. The SMILES string of the molecule is CC(C)[C@@H](C)/C=C/[C@@H](C)[C@H]1CC=C2C3=C(CC[C@@]21C)[C@@]1(C)CC[C@H](O)C[C@@H]1CC3. The third kappa shape index (κ3) is 3.50. The first-order valence-corrected chi connectivity index (χ1v) is 12.5. The normalized spacial score (nSPS) is 41.8. The van der Waals surface area contributed by atoms with E-state index in [1.165, 1.54) is 38.5 Å². The van der Waals surface area contributed by atoms with Crippen LogP contribution < -0.4 is 0 Å². The predicted molar refractivity (Wildman–Crippen MR) is 124 cm³/mol. The van der Waals surface area contributed by atoms with Gasteiger partial charge in [0.15, 0.2) is 0 Å². The topological polar surface area (TPSA) is 20.2 Å². The molecule has 0 radical (unpaired) electrons. The van der Waals surface area contributed by atoms with E-state index in [2.05, 4.69) is 59.8 Å². The lowest BCUT2D eigenvalue weighted by molar-refractivity contribution is 0.0229. The molecule has 0 heterocycles. The zero-order valence-corrected chi connectivity index (χ0v) is 19.8. The Morgan fingerprint density at radius 2 is 1.76 bits per heavy atom. The molecular formula is C28H44O. The van der Waals surface area contributed by atoms with E-state index in [4.69, 9.17) is 0 Å². The number of fused-ring (bicyclic) bond motifs is 4. The molecule has 1 fully saturated rings. The zero-order chi connectivity index (χ0) is 21.0. The standard InChI is InChI=1S/C28H44O/c1-18(2)19(3)7-8-20(4)24-11-12-25-23-10-9-21-17-22(29)13-15-27(21,5)26(23)14-16-28(24,25)6/h7-8,12,18-22,24,29H,9-11,13-17H2,1-6H3/b8-7+/t19-,20+,21-,22-,24+,27-,28+/m0/s1. The van der Waals surface area contributed by atoms with Crippen molar-refractivity contribution in [2.24, 2.45) is 40.4 Å². The van der Waals surface area contributed by atoms with Gasteiger partial charge in [-0.25, -0.2) is 0 Å². The van der Waals surface area contributed by atoms with Crippen molar-refractivity contribution in [3.05, 3.63) is 34.9 Å². The maximum Gasteiger partial charge on any atom is 0.0543 e. The van der Waals surface area contributed by atoms with Crippen LogP contribution in [0.3, 0.4) is 0 Å². The molecule has 1 N–H and O–H groups in total. The maximum absolute atomic E-state index is 10.2. The molecular weight excluding hydrogens is 352 g/mol. The lowest BCUT2D eigenvalue weighted by Crippen LogP contribution is -2.44. The molecule has 0 spiro atoms. The third-order valence-electron chi connectivity index (χ3n) is 9.88. The highest BCUT2D eigenvalue weighted by Gasteiger charge is 2.52. The van der Waals surface area contributed by atoms with Crippen LogP contribution in [0.4, 0.5) is 0 Å². The summed E-state index contributed by atoms with van der Waals surface area (Å²) in [7, 11) is 0. The van der Waals surface area contributed by atoms with Crippen LogP contribution in [0, 0.1) is 40.4 Å². The predicted octanol–water partition coefficient (Wildman–Crippen LogP) is 7.47. The summed E-state index contributed by atoms with van der Waals surface area (Å²) in [6.07, 6.45) is 17.2. The van der Waals surface area contributed by atoms with Gasteiger partial charge in [0.05, 0.1) is 6.10 Å². The number of aliphatic hydroxyl groups is 1. The minimum Gasteiger partial charge on any atom is -0.393 e. The Labute approximate surface area is 179 Å². The fourth-order valence-electron chi connectivity index (χ4n) is 7.37. The van der Waals surface area contributed by atoms with Crippen LogP contribution >= 0.6 is 0 Å². The Balaban J connectivity index is 1.58. The van der Waals surface area contributed by atoms with Crippen molar-refractivity contribution in [2.75, 3.05) is 0 Å². The molecule has 29 heavy (non-hydrogen) atoms. The van der Waals surface area contributed by atoms with Crippen molar-refractivity contribution >= 4 is 0 Å². The second-order valence-corrected chi connectivity index (χ2v) is 11.8. The summed E-state index contributed by atoms with van der Waals surface area (Å²) in [4.78, 5) is 0. The Morgan fingerprint density at radius 3 is 2.48 bits per heavy atom. The zero-order valence-electron chi connectivity index (χ0n) is 19.8. The van der Waals surface area contributed by atoms with Gasteiger partial charge in [0.25, 0.3) is 0 Å². The molecule has 0 aromatic rings. The van der Waals surface area contributed by atoms with E-state index in [0.29, 0.717) is 28.6 Å². The summed E-state index contributed by atoms with van der Waals surface area (Å²) >= 11 is 0. The van der Waals surface area contributed by atoms with Crippen molar-refractivity contribution in [3.8, 4) is 0 Å². The Bertz CT molecular complexity index is 725. The van der Waals surface area contributed by atoms with Crippen LogP contribution in [0.25, 0.3) is 0 Å². The lowest BCUT2D eigenvalue weighted by atomic mass is 9.51. The van der Waals surface area contributed by atoms with Crippen molar-refractivity contribution < 1.29 is 5.11 Å². The first-order valence-electron chi connectivity index (χ1n) is 12.5. The molecule has 0 saturated heterocycles. The summed E-state index contributed by atoms with van der Waals surface area (Å²) in [6, 6.07) is 0. The number of allylic oxidation sites excluding steroid dienone is 6. The molecule has 1 heteroatoms. The maximum atomic E-state index is 10.2. The summed E-state index contributed by atoms with van der Waals surface area (Å²) in [5.41, 5.74) is 5.99. The summed E-state index contributed by atoms with van der Waals surface area (Å²) < 4.78 is 0. The van der Waals surface area contributed by atoms with Gasteiger partial charge in [-0.15, -0.1) is 0 Å². The van der Waals surface area contributed by atoms with E-state index in [0.717, 1.165) is 24.7 Å². The van der Waals surface area contributed by atoms with E-state index in [1.807, 2.05) is 0 Å². The van der Waals surface area contributed by atoms with Gasteiger partial charge >= 0.3 is 0 Å². The van der Waals surface area contributed by atoms with Gasteiger partial charge in [-0.05, 0) is 103 Å². The van der Waals surface area contributed by atoms with Crippen molar-refractivity contribution in [1.29, 1.82) is 0 Å². The first kappa shape index (κ1) is 21.4. The Kier molecular flexibility index (Phi) is 5.69. The molecule has 162 valence electrons. The van der Waals surface area contributed by atoms with Gasteiger partial charge < -0.3 is 5.11 Å². The average molecular weight is 397 g/mol. The number of rotatable bonds is 4. The van der Waals surface area contributed by atoms with Gasteiger partial charge in [0.1, 0.15) is 0 Å². The van der Waals surface area contributed by atoms with Gasteiger partial charge in [0.2, 0.25) is 0 Å². The summed E-state index contributed by atoms with van der Waals surface area (Å²) in [5, 5.41) is 10.2. The molecule has 0 unspecified atom stereocenters. The fraction of sp³-hybridized carbons (Fsp3) is 0.786.